The lowest BCUT2D eigenvalue weighted by atomic mass is 10.2. The fourth-order valence-corrected chi connectivity index (χ4v) is 3.38. The first kappa shape index (κ1) is 18.6. The number of para-hydroxylation sites is 1. The molecule has 6 nitrogen and oxygen atoms in total. The van der Waals surface area contributed by atoms with Crippen LogP contribution in [0.2, 0.25) is 0 Å². The van der Waals surface area contributed by atoms with Crippen LogP contribution in [0, 0.1) is 0 Å². The summed E-state index contributed by atoms with van der Waals surface area (Å²) >= 11 is 0. The van der Waals surface area contributed by atoms with Crippen molar-refractivity contribution in [1.29, 1.82) is 0 Å². The first-order valence-corrected chi connectivity index (χ1v) is 9.89. The molecular weight excluding hydrogens is 386 g/mol. The third-order valence-corrected chi connectivity index (χ3v) is 4.90. The van der Waals surface area contributed by atoms with Crippen LogP contribution in [-0.2, 0) is 0 Å². The Labute approximate surface area is 179 Å². The van der Waals surface area contributed by atoms with Crippen LogP contribution in [0.5, 0.6) is 0 Å². The number of allylic oxidation sites excluding steroid dienone is 3. The number of aromatic nitrogens is 4. The highest BCUT2D eigenvalue weighted by molar-refractivity contribution is 5.94. The van der Waals surface area contributed by atoms with E-state index in [1.165, 1.54) is 0 Å². The Bertz CT molecular complexity index is 1310. The van der Waals surface area contributed by atoms with Crippen LogP contribution in [0.3, 0.4) is 0 Å². The maximum Gasteiger partial charge on any atom is 0.274 e. The average molecular weight is 405 g/mol. The van der Waals surface area contributed by atoms with Crippen molar-refractivity contribution in [1.82, 2.24) is 24.6 Å². The van der Waals surface area contributed by atoms with E-state index in [4.69, 9.17) is 4.98 Å². The Morgan fingerprint density at radius 1 is 0.903 bits per heavy atom. The molecule has 31 heavy (non-hydrogen) atoms. The number of amides is 1. The number of hydrogen-bond donors (Lipinski definition) is 1. The largest absolute Gasteiger partial charge is 0.321 e. The maximum absolute atomic E-state index is 12.9. The fourth-order valence-electron chi connectivity index (χ4n) is 3.38. The summed E-state index contributed by atoms with van der Waals surface area (Å²) in [5, 5.41) is 7.25. The van der Waals surface area contributed by atoms with E-state index < -0.39 is 0 Å². The minimum Gasteiger partial charge on any atom is -0.321 e. The van der Waals surface area contributed by atoms with Crippen LogP contribution < -0.4 is 5.32 Å². The molecule has 0 radical (unpaired) electrons. The molecule has 5 rings (SSSR count). The molecule has 1 N–H and O–H groups in total. The molecule has 4 aromatic rings. The second-order valence-corrected chi connectivity index (χ2v) is 6.97. The molecular formula is C25H19N5O. The molecule has 2 aromatic carbocycles. The third kappa shape index (κ3) is 3.86. The van der Waals surface area contributed by atoms with Crippen LogP contribution in [0.4, 0.5) is 0 Å². The molecule has 0 saturated carbocycles. The summed E-state index contributed by atoms with van der Waals surface area (Å²) in [7, 11) is 0. The number of nitrogens with zero attached hydrogens (tertiary/aromatic N) is 4. The monoisotopic (exact) mass is 405 g/mol. The van der Waals surface area contributed by atoms with E-state index in [0.717, 1.165) is 22.8 Å². The standard InChI is InChI=1S/C25H19N5O/c31-25(23-14-16-26-30(23)21-11-5-2-6-12-21)27-20-10-7-13-24-28-22(18-29(24)17-15-20)19-8-3-1-4-9-19/h1-18H,(H,27,31)/b13-7+,17-15-,20-10-. The Hall–Kier alpha value is -4.45. The van der Waals surface area contributed by atoms with Crippen LogP contribution in [0.25, 0.3) is 29.2 Å². The second kappa shape index (κ2) is 8.12. The molecule has 1 aliphatic heterocycles. The summed E-state index contributed by atoms with van der Waals surface area (Å²) in [4.78, 5) is 17.6. The molecule has 0 bridgehead atoms. The minimum absolute atomic E-state index is 0.234. The van der Waals surface area contributed by atoms with Gasteiger partial charge in [0, 0.05) is 23.7 Å². The zero-order chi connectivity index (χ0) is 21.0. The van der Waals surface area contributed by atoms with E-state index in [2.05, 4.69) is 10.4 Å². The number of rotatable bonds is 4. The molecule has 0 atom stereocenters. The molecule has 0 unspecified atom stereocenters. The number of fused-ring (bicyclic) bond motifs is 1. The van der Waals surface area contributed by atoms with Gasteiger partial charge < -0.3 is 9.88 Å². The maximum atomic E-state index is 12.9. The third-order valence-electron chi connectivity index (χ3n) is 4.90. The number of imidazole rings is 1. The SMILES string of the molecule is O=C(NC1=C\C=C\c2nc(-c3ccccc3)cn2/C=C\1)c1ccnn1-c1ccccc1. The zero-order valence-electron chi connectivity index (χ0n) is 16.6. The quantitative estimate of drug-likeness (QED) is 0.542. The normalized spacial score (nSPS) is 16.3. The fraction of sp³-hybridized carbons (Fsp3) is 0. The van der Waals surface area contributed by atoms with Crippen molar-refractivity contribution in [3.63, 3.8) is 0 Å². The summed E-state index contributed by atoms with van der Waals surface area (Å²) in [5.41, 5.74) is 3.91. The van der Waals surface area contributed by atoms with Crippen molar-refractivity contribution >= 4 is 18.2 Å². The highest BCUT2D eigenvalue weighted by Crippen LogP contribution is 2.20. The van der Waals surface area contributed by atoms with Gasteiger partial charge in [0.15, 0.2) is 0 Å². The number of hydrogen-bond acceptors (Lipinski definition) is 3. The van der Waals surface area contributed by atoms with Gasteiger partial charge in [-0.1, -0.05) is 54.6 Å². The Kier molecular flexibility index (Phi) is 4.86. The molecule has 6 heteroatoms. The molecule has 150 valence electrons. The van der Waals surface area contributed by atoms with Crippen molar-refractivity contribution < 1.29 is 4.79 Å². The Morgan fingerprint density at radius 3 is 2.48 bits per heavy atom. The van der Waals surface area contributed by atoms with Crippen LogP contribution >= 0.6 is 0 Å². The van der Waals surface area contributed by atoms with E-state index in [1.54, 1.807) is 16.9 Å². The minimum atomic E-state index is -0.234. The van der Waals surface area contributed by atoms with Crippen molar-refractivity contribution in [2.45, 2.75) is 0 Å². The van der Waals surface area contributed by atoms with Crippen LogP contribution in [0.15, 0.2) is 103 Å². The summed E-state index contributed by atoms with van der Waals surface area (Å²) < 4.78 is 3.56. The van der Waals surface area contributed by atoms with E-state index in [-0.39, 0.29) is 5.91 Å². The van der Waals surface area contributed by atoms with Gasteiger partial charge in [0.2, 0.25) is 0 Å². The van der Waals surface area contributed by atoms with Gasteiger partial charge in [-0.15, -0.1) is 0 Å². The molecule has 3 heterocycles. The molecule has 0 saturated heterocycles. The number of nitrogens with one attached hydrogen (secondary N) is 1. The molecule has 1 aliphatic rings. The van der Waals surface area contributed by atoms with Gasteiger partial charge in [0.1, 0.15) is 11.5 Å². The smallest absolute Gasteiger partial charge is 0.274 e. The van der Waals surface area contributed by atoms with E-state index in [1.807, 2.05) is 102 Å². The predicted octanol–water partition coefficient (Wildman–Crippen LogP) is 4.55. The van der Waals surface area contributed by atoms with Crippen molar-refractivity contribution in [2.24, 2.45) is 0 Å². The van der Waals surface area contributed by atoms with E-state index in [0.29, 0.717) is 11.4 Å². The average Bonchev–Trinajstić information content (AvgIpc) is 3.44. The van der Waals surface area contributed by atoms with Gasteiger partial charge in [-0.2, -0.15) is 5.10 Å². The molecule has 0 spiro atoms. The van der Waals surface area contributed by atoms with Crippen LogP contribution in [0.1, 0.15) is 16.3 Å². The lowest BCUT2D eigenvalue weighted by Gasteiger charge is -2.10. The number of carbonyl (C=O) groups is 1. The van der Waals surface area contributed by atoms with Gasteiger partial charge >= 0.3 is 0 Å². The van der Waals surface area contributed by atoms with Crippen molar-refractivity contribution in [3.05, 3.63) is 115 Å². The summed E-state index contributed by atoms with van der Waals surface area (Å²) in [6.45, 7) is 0. The van der Waals surface area contributed by atoms with Crippen molar-refractivity contribution in [2.75, 3.05) is 0 Å². The lowest BCUT2D eigenvalue weighted by Crippen LogP contribution is -2.24. The number of benzene rings is 2. The van der Waals surface area contributed by atoms with Crippen molar-refractivity contribution in [3.8, 4) is 16.9 Å². The first-order chi connectivity index (χ1) is 15.3. The highest BCUT2D eigenvalue weighted by atomic mass is 16.2. The van der Waals surface area contributed by atoms with Gasteiger partial charge in [-0.25, -0.2) is 9.67 Å². The van der Waals surface area contributed by atoms with Crippen LogP contribution in [-0.4, -0.2) is 25.2 Å². The van der Waals surface area contributed by atoms with E-state index in [9.17, 15) is 4.79 Å². The Balaban J connectivity index is 1.37. The van der Waals surface area contributed by atoms with Gasteiger partial charge in [-0.3, -0.25) is 4.79 Å². The topological polar surface area (TPSA) is 64.7 Å². The molecule has 0 aliphatic carbocycles. The van der Waals surface area contributed by atoms with Gasteiger partial charge in [0.25, 0.3) is 5.91 Å². The second-order valence-electron chi connectivity index (χ2n) is 6.97. The Morgan fingerprint density at radius 2 is 1.68 bits per heavy atom. The number of carbonyl (C=O) groups excluding carboxylic acids is 1. The summed E-state index contributed by atoms with van der Waals surface area (Å²) in [5.74, 6) is 0.584. The van der Waals surface area contributed by atoms with Gasteiger partial charge in [0.05, 0.1) is 17.6 Å². The summed E-state index contributed by atoms with van der Waals surface area (Å²) in [6.07, 6.45) is 13.0. The highest BCUT2D eigenvalue weighted by Gasteiger charge is 2.14. The van der Waals surface area contributed by atoms with Gasteiger partial charge in [-0.05, 0) is 36.4 Å². The molecule has 1 amide bonds. The van der Waals surface area contributed by atoms with E-state index >= 15 is 0 Å². The summed E-state index contributed by atoms with van der Waals surface area (Å²) in [6, 6.07) is 21.3. The first-order valence-electron chi connectivity index (χ1n) is 9.89. The lowest BCUT2D eigenvalue weighted by molar-refractivity contribution is 0.0959. The molecule has 2 aromatic heterocycles. The zero-order valence-corrected chi connectivity index (χ0v) is 16.6. The predicted molar refractivity (Wildman–Crippen MR) is 121 cm³/mol. The molecule has 0 fully saturated rings.